The summed E-state index contributed by atoms with van der Waals surface area (Å²) < 4.78 is 32.9. The minimum Gasteiger partial charge on any atom is -0.497 e. The van der Waals surface area contributed by atoms with E-state index in [-0.39, 0.29) is 28.7 Å². The molecule has 178 valence electrons. The molecule has 1 heterocycles. The van der Waals surface area contributed by atoms with Crippen molar-refractivity contribution in [3.8, 4) is 5.75 Å². The van der Waals surface area contributed by atoms with Crippen LogP contribution in [0.3, 0.4) is 0 Å². The normalized spacial score (nSPS) is 15.5. The van der Waals surface area contributed by atoms with Crippen molar-refractivity contribution in [1.29, 1.82) is 0 Å². The first kappa shape index (κ1) is 24.6. The van der Waals surface area contributed by atoms with Crippen molar-refractivity contribution in [3.63, 3.8) is 0 Å². The monoisotopic (exact) mass is 473 g/mol. The first-order chi connectivity index (χ1) is 15.7. The molecule has 3 rings (SSSR count). The number of ether oxygens (including phenoxy) is 1. The van der Waals surface area contributed by atoms with Gasteiger partial charge in [-0.05, 0) is 62.6 Å². The standard InChI is InChI=1S/C24H31N3O5S/c1-4-17(2)25-23(28)18-12-14-27(15-13-18)24(29)19-8-10-20(11-9-19)26-33(30,31)22-7-5-6-21(16-22)32-3/h5-11,16-18,26H,4,12-15H2,1-3H3,(H,25,28)/t17-/m1/s1. The zero-order valence-corrected chi connectivity index (χ0v) is 20.0. The fourth-order valence-corrected chi connectivity index (χ4v) is 4.75. The van der Waals surface area contributed by atoms with Gasteiger partial charge in [-0.1, -0.05) is 13.0 Å². The Hall–Kier alpha value is -3.07. The molecule has 1 aliphatic heterocycles. The maximum Gasteiger partial charge on any atom is 0.262 e. The largest absolute Gasteiger partial charge is 0.497 e. The van der Waals surface area contributed by atoms with Crippen LogP contribution < -0.4 is 14.8 Å². The van der Waals surface area contributed by atoms with E-state index >= 15 is 0 Å². The molecular formula is C24H31N3O5S. The maximum absolute atomic E-state index is 12.9. The third-order valence-corrected chi connectivity index (χ3v) is 7.27. The van der Waals surface area contributed by atoms with Crippen LogP contribution in [0.1, 0.15) is 43.5 Å². The molecule has 2 N–H and O–H groups in total. The van der Waals surface area contributed by atoms with Gasteiger partial charge in [0.1, 0.15) is 5.75 Å². The average Bonchev–Trinajstić information content (AvgIpc) is 2.83. The maximum atomic E-state index is 12.9. The Bertz CT molecular complexity index is 1080. The molecule has 0 saturated carbocycles. The van der Waals surface area contributed by atoms with Gasteiger partial charge in [0.25, 0.3) is 15.9 Å². The van der Waals surface area contributed by atoms with Gasteiger partial charge in [-0.2, -0.15) is 0 Å². The highest BCUT2D eigenvalue weighted by Gasteiger charge is 2.28. The zero-order chi connectivity index (χ0) is 24.0. The lowest BCUT2D eigenvalue weighted by Crippen LogP contribution is -2.44. The van der Waals surface area contributed by atoms with Crippen LogP contribution >= 0.6 is 0 Å². The molecule has 0 radical (unpaired) electrons. The molecule has 1 atom stereocenters. The number of carbonyl (C=O) groups is 2. The smallest absolute Gasteiger partial charge is 0.262 e. The number of hydrogen-bond donors (Lipinski definition) is 2. The van der Waals surface area contributed by atoms with E-state index < -0.39 is 10.0 Å². The average molecular weight is 474 g/mol. The van der Waals surface area contributed by atoms with Gasteiger partial charge < -0.3 is 15.0 Å². The molecule has 1 saturated heterocycles. The molecule has 2 aromatic carbocycles. The van der Waals surface area contributed by atoms with Crippen LogP contribution in [0.4, 0.5) is 5.69 Å². The van der Waals surface area contributed by atoms with Gasteiger partial charge in [-0.25, -0.2) is 8.42 Å². The molecule has 0 aliphatic carbocycles. The van der Waals surface area contributed by atoms with Crippen molar-refractivity contribution in [2.24, 2.45) is 5.92 Å². The number of sulfonamides is 1. The summed E-state index contributed by atoms with van der Waals surface area (Å²) >= 11 is 0. The molecule has 0 bridgehead atoms. The van der Waals surface area contributed by atoms with Gasteiger partial charge in [-0.3, -0.25) is 14.3 Å². The van der Waals surface area contributed by atoms with Gasteiger partial charge >= 0.3 is 0 Å². The summed E-state index contributed by atoms with van der Waals surface area (Å²) in [4.78, 5) is 27.0. The van der Waals surface area contributed by atoms with Crippen LogP contribution in [-0.4, -0.2) is 51.4 Å². The zero-order valence-electron chi connectivity index (χ0n) is 19.2. The van der Waals surface area contributed by atoms with Crippen molar-refractivity contribution in [3.05, 3.63) is 54.1 Å². The van der Waals surface area contributed by atoms with Crippen LogP contribution in [-0.2, 0) is 14.8 Å². The third-order valence-electron chi connectivity index (χ3n) is 5.89. The van der Waals surface area contributed by atoms with Crippen LogP contribution in [0.5, 0.6) is 5.75 Å². The number of amides is 2. The van der Waals surface area contributed by atoms with Gasteiger partial charge in [0, 0.05) is 42.4 Å². The second-order valence-corrected chi connectivity index (χ2v) is 9.93. The Balaban J connectivity index is 1.59. The van der Waals surface area contributed by atoms with Crippen molar-refractivity contribution in [2.45, 2.75) is 44.0 Å². The summed E-state index contributed by atoms with van der Waals surface area (Å²) in [6.45, 7) is 5.04. The summed E-state index contributed by atoms with van der Waals surface area (Å²) in [6, 6.07) is 12.7. The summed E-state index contributed by atoms with van der Waals surface area (Å²) in [5.74, 6) is 0.304. The second kappa shape index (κ2) is 10.7. The number of nitrogens with one attached hydrogen (secondary N) is 2. The molecule has 1 aliphatic rings. The van der Waals surface area contributed by atoms with Crippen LogP contribution in [0.2, 0.25) is 0 Å². The van der Waals surface area contributed by atoms with Crippen LogP contribution in [0.25, 0.3) is 0 Å². The third kappa shape index (κ3) is 6.25. The molecule has 8 nitrogen and oxygen atoms in total. The first-order valence-corrected chi connectivity index (χ1v) is 12.6. The second-order valence-electron chi connectivity index (χ2n) is 8.25. The fraction of sp³-hybridized carbons (Fsp3) is 0.417. The number of rotatable bonds is 8. The van der Waals surface area contributed by atoms with E-state index in [0.29, 0.717) is 42.9 Å². The highest BCUT2D eigenvalue weighted by molar-refractivity contribution is 7.92. The minimum absolute atomic E-state index is 0.0594. The SMILES string of the molecule is CC[C@@H](C)NC(=O)C1CCN(C(=O)c2ccc(NS(=O)(=O)c3cccc(OC)c3)cc2)CC1. The Labute approximate surface area is 195 Å². The Morgan fingerprint density at radius 1 is 1.12 bits per heavy atom. The Morgan fingerprint density at radius 2 is 1.79 bits per heavy atom. The van der Waals surface area contributed by atoms with E-state index in [2.05, 4.69) is 10.0 Å². The Kier molecular flexibility index (Phi) is 7.97. The van der Waals surface area contributed by atoms with E-state index in [1.165, 1.54) is 19.2 Å². The van der Waals surface area contributed by atoms with Crippen molar-refractivity contribution in [2.75, 3.05) is 24.9 Å². The lowest BCUT2D eigenvalue weighted by Gasteiger charge is -2.32. The molecule has 2 aromatic rings. The van der Waals surface area contributed by atoms with Crippen LogP contribution in [0, 0.1) is 5.92 Å². The number of carbonyl (C=O) groups excluding carboxylic acids is 2. The molecule has 0 unspecified atom stereocenters. The van der Waals surface area contributed by atoms with Crippen molar-refractivity contribution >= 4 is 27.5 Å². The van der Waals surface area contributed by atoms with E-state index in [4.69, 9.17) is 4.74 Å². The van der Waals surface area contributed by atoms with Gasteiger partial charge in [0.05, 0.1) is 12.0 Å². The number of likely N-dealkylation sites (tertiary alicyclic amines) is 1. The number of hydrogen-bond acceptors (Lipinski definition) is 5. The molecule has 0 aromatic heterocycles. The summed E-state index contributed by atoms with van der Waals surface area (Å²) in [6.07, 6.45) is 2.15. The minimum atomic E-state index is -3.79. The predicted molar refractivity (Wildman–Crippen MR) is 127 cm³/mol. The lowest BCUT2D eigenvalue weighted by atomic mass is 9.95. The van der Waals surface area contributed by atoms with E-state index in [0.717, 1.165) is 6.42 Å². The van der Waals surface area contributed by atoms with Gasteiger partial charge in [-0.15, -0.1) is 0 Å². The molecule has 1 fully saturated rings. The van der Waals surface area contributed by atoms with Crippen molar-refractivity contribution in [1.82, 2.24) is 10.2 Å². The number of nitrogens with zero attached hydrogens (tertiary/aromatic N) is 1. The molecule has 33 heavy (non-hydrogen) atoms. The Morgan fingerprint density at radius 3 is 2.39 bits per heavy atom. The van der Waals surface area contributed by atoms with Crippen LogP contribution in [0.15, 0.2) is 53.4 Å². The van der Waals surface area contributed by atoms with E-state index in [1.54, 1.807) is 41.3 Å². The predicted octanol–water partition coefficient (Wildman–Crippen LogP) is 3.26. The van der Waals surface area contributed by atoms with Crippen molar-refractivity contribution < 1.29 is 22.7 Å². The summed E-state index contributed by atoms with van der Waals surface area (Å²) in [5, 5.41) is 3.01. The molecule has 2 amide bonds. The lowest BCUT2D eigenvalue weighted by molar-refractivity contribution is -0.126. The molecular weight excluding hydrogens is 442 g/mol. The highest BCUT2D eigenvalue weighted by Crippen LogP contribution is 2.23. The number of anilines is 1. The topological polar surface area (TPSA) is 105 Å². The number of benzene rings is 2. The van der Waals surface area contributed by atoms with E-state index in [9.17, 15) is 18.0 Å². The summed E-state index contributed by atoms with van der Waals surface area (Å²) in [7, 11) is -2.32. The first-order valence-electron chi connectivity index (χ1n) is 11.1. The van der Waals surface area contributed by atoms with Gasteiger partial charge in [0.2, 0.25) is 5.91 Å². The molecule has 9 heteroatoms. The molecule has 0 spiro atoms. The number of piperidine rings is 1. The number of methoxy groups -OCH3 is 1. The summed E-state index contributed by atoms with van der Waals surface area (Å²) in [5.41, 5.74) is 0.830. The highest BCUT2D eigenvalue weighted by atomic mass is 32.2. The van der Waals surface area contributed by atoms with Gasteiger partial charge in [0.15, 0.2) is 0 Å². The quantitative estimate of drug-likeness (QED) is 0.612. The van der Waals surface area contributed by atoms with E-state index in [1.807, 2.05) is 13.8 Å². The fourth-order valence-electron chi connectivity index (χ4n) is 3.65.